The van der Waals surface area contributed by atoms with Gasteiger partial charge in [0, 0.05) is 24.8 Å². The average molecular weight is 271 g/mol. The monoisotopic (exact) mass is 270 g/mol. The molecule has 0 saturated carbocycles. The number of aliphatic hydroxyl groups is 1. The lowest BCUT2D eigenvalue weighted by molar-refractivity contribution is -0.384. The van der Waals surface area contributed by atoms with Gasteiger partial charge < -0.3 is 10.0 Å². The van der Waals surface area contributed by atoms with E-state index in [2.05, 4.69) is 6.58 Å². The third kappa shape index (κ3) is 3.21. The Labute approximate surface area is 110 Å². The van der Waals surface area contributed by atoms with Crippen LogP contribution in [0, 0.1) is 17.0 Å². The van der Waals surface area contributed by atoms with Crippen LogP contribution in [0.2, 0.25) is 5.02 Å². The summed E-state index contributed by atoms with van der Waals surface area (Å²) < 4.78 is 0. The number of aliphatic hydroxyl groups excluding tert-OH is 1. The molecule has 0 aliphatic carbocycles. The van der Waals surface area contributed by atoms with Crippen molar-refractivity contribution in [3.8, 4) is 0 Å². The smallest absolute Gasteiger partial charge is 0.288 e. The van der Waals surface area contributed by atoms with Crippen LogP contribution >= 0.6 is 11.6 Å². The summed E-state index contributed by atoms with van der Waals surface area (Å²) in [5, 5.41) is 19.9. The molecule has 0 heterocycles. The highest BCUT2D eigenvalue weighted by Crippen LogP contribution is 2.32. The van der Waals surface area contributed by atoms with Crippen LogP contribution in [-0.4, -0.2) is 29.7 Å². The maximum atomic E-state index is 10.8. The van der Waals surface area contributed by atoms with Gasteiger partial charge in [-0.15, -0.1) is 6.58 Å². The zero-order chi connectivity index (χ0) is 13.7. The molecule has 0 aliphatic heterocycles. The molecule has 98 valence electrons. The highest BCUT2D eigenvalue weighted by Gasteiger charge is 2.17. The van der Waals surface area contributed by atoms with Gasteiger partial charge in [-0.05, 0) is 18.6 Å². The Balaban J connectivity index is 3.19. The molecular formula is C12H15ClN2O3. The molecule has 1 N–H and O–H groups in total. The van der Waals surface area contributed by atoms with E-state index in [9.17, 15) is 10.1 Å². The SMILES string of the molecule is C=CCN(CCO)c1cc(Cl)c([N+](=O)[O-])cc1C. The van der Waals surface area contributed by atoms with Gasteiger partial charge in [0.25, 0.3) is 5.69 Å². The highest BCUT2D eigenvalue weighted by molar-refractivity contribution is 6.33. The van der Waals surface area contributed by atoms with Crippen LogP contribution < -0.4 is 4.90 Å². The second kappa shape index (κ2) is 6.37. The van der Waals surface area contributed by atoms with Crippen LogP contribution in [-0.2, 0) is 0 Å². The van der Waals surface area contributed by atoms with E-state index in [1.807, 2.05) is 4.90 Å². The fraction of sp³-hybridized carbons (Fsp3) is 0.333. The van der Waals surface area contributed by atoms with E-state index < -0.39 is 4.92 Å². The largest absolute Gasteiger partial charge is 0.395 e. The van der Waals surface area contributed by atoms with E-state index in [1.165, 1.54) is 6.07 Å². The van der Waals surface area contributed by atoms with Crippen LogP contribution in [0.3, 0.4) is 0 Å². The Hall–Kier alpha value is -1.59. The number of anilines is 1. The maximum Gasteiger partial charge on any atom is 0.288 e. The summed E-state index contributed by atoms with van der Waals surface area (Å²) in [7, 11) is 0. The van der Waals surface area contributed by atoms with Crippen molar-refractivity contribution in [1.82, 2.24) is 0 Å². The zero-order valence-electron chi connectivity index (χ0n) is 10.1. The summed E-state index contributed by atoms with van der Waals surface area (Å²) in [5.74, 6) is 0. The summed E-state index contributed by atoms with van der Waals surface area (Å²) in [6, 6.07) is 2.99. The topological polar surface area (TPSA) is 66.6 Å². The molecule has 1 aromatic rings. The summed E-state index contributed by atoms with van der Waals surface area (Å²) >= 11 is 5.88. The predicted molar refractivity (Wildman–Crippen MR) is 72.3 cm³/mol. The number of hydrogen-bond donors (Lipinski definition) is 1. The third-order valence-electron chi connectivity index (χ3n) is 2.52. The van der Waals surface area contributed by atoms with E-state index in [-0.39, 0.29) is 17.3 Å². The van der Waals surface area contributed by atoms with Gasteiger partial charge in [0.05, 0.1) is 11.5 Å². The summed E-state index contributed by atoms with van der Waals surface area (Å²) in [4.78, 5) is 12.1. The van der Waals surface area contributed by atoms with Crippen LogP contribution in [0.15, 0.2) is 24.8 Å². The second-order valence-corrected chi connectivity index (χ2v) is 4.21. The van der Waals surface area contributed by atoms with Gasteiger partial charge in [-0.25, -0.2) is 0 Å². The molecule has 6 heteroatoms. The first-order chi connectivity index (χ1) is 8.51. The summed E-state index contributed by atoms with van der Waals surface area (Å²) in [6.45, 7) is 6.35. The fourth-order valence-electron chi connectivity index (χ4n) is 1.72. The lowest BCUT2D eigenvalue weighted by atomic mass is 10.1. The molecule has 0 radical (unpaired) electrons. The van der Waals surface area contributed by atoms with Crippen molar-refractivity contribution >= 4 is 23.0 Å². The molecular weight excluding hydrogens is 256 g/mol. The molecule has 18 heavy (non-hydrogen) atoms. The molecule has 0 atom stereocenters. The first kappa shape index (κ1) is 14.5. The Morgan fingerprint density at radius 3 is 2.78 bits per heavy atom. The lowest BCUT2D eigenvalue weighted by Crippen LogP contribution is -2.27. The van der Waals surface area contributed by atoms with Gasteiger partial charge in [0.1, 0.15) is 5.02 Å². The number of nitrogens with zero attached hydrogens (tertiary/aromatic N) is 2. The molecule has 0 spiro atoms. The standard InChI is InChI=1S/C12H15ClN2O3/c1-3-4-14(5-6-16)11-8-10(13)12(15(17)18)7-9(11)2/h3,7-8,16H,1,4-6H2,2H3. The van der Waals surface area contributed by atoms with E-state index in [1.54, 1.807) is 19.1 Å². The fourth-order valence-corrected chi connectivity index (χ4v) is 1.95. The van der Waals surface area contributed by atoms with Crippen LogP contribution in [0.4, 0.5) is 11.4 Å². The number of hydrogen-bond acceptors (Lipinski definition) is 4. The predicted octanol–water partition coefficient (Wildman–Crippen LogP) is 2.54. The van der Waals surface area contributed by atoms with Crippen LogP contribution in [0.5, 0.6) is 0 Å². The van der Waals surface area contributed by atoms with E-state index in [4.69, 9.17) is 16.7 Å². The molecule has 0 bridgehead atoms. The Bertz CT molecular complexity index is 463. The first-order valence-corrected chi connectivity index (χ1v) is 5.80. The van der Waals surface area contributed by atoms with Crippen molar-refractivity contribution in [2.24, 2.45) is 0 Å². The zero-order valence-corrected chi connectivity index (χ0v) is 10.9. The maximum absolute atomic E-state index is 10.8. The highest BCUT2D eigenvalue weighted by atomic mass is 35.5. The molecule has 5 nitrogen and oxygen atoms in total. The Morgan fingerprint density at radius 2 is 2.28 bits per heavy atom. The summed E-state index contributed by atoms with van der Waals surface area (Å²) in [5.41, 5.74) is 1.39. The number of aryl methyl sites for hydroxylation is 1. The number of halogens is 1. The molecule has 0 saturated heterocycles. The minimum absolute atomic E-state index is 0.0120. The minimum Gasteiger partial charge on any atom is -0.395 e. The van der Waals surface area contributed by atoms with Crippen molar-refractivity contribution in [2.75, 3.05) is 24.6 Å². The van der Waals surface area contributed by atoms with Gasteiger partial charge in [-0.2, -0.15) is 0 Å². The lowest BCUT2D eigenvalue weighted by Gasteiger charge is -2.24. The van der Waals surface area contributed by atoms with Crippen LogP contribution in [0.25, 0.3) is 0 Å². The molecule has 0 fully saturated rings. The van der Waals surface area contributed by atoms with E-state index >= 15 is 0 Å². The van der Waals surface area contributed by atoms with Crippen molar-refractivity contribution in [3.63, 3.8) is 0 Å². The van der Waals surface area contributed by atoms with Crippen molar-refractivity contribution in [1.29, 1.82) is 0 Å². The average Bonchev–Trinajstić information content (AvgIpc) is 2.31. The Kier molecular flexibility index (Phi) is 5.12. The van der Waals surface area contributed by atoms with Crippen molar-refractivity contribution in [2.45, 2.75) is 6.92 Å². The molecule has 1 aromatic carbocycles. The Morgan fingerprint density at radius 1 is 1.61 bits per heavy atom. The van der Waals surface area contributed by atoms with Crippen molar-refractivity contribution < 1.29 is 10.0 Å². The molecule has 0 aromatic heterocycles. The van der Waals surface area contributed by atoms with Gasteiger partial charge >= 0.3 is 0 Å². The second-order valence-electron chi connectivity index (χ2n) is 3.81. The normalized spacial score (nSPS) is 10.2. The van der Waals surface area contributed by atoms with Crippen molar-refractivity contribution in [3.05, 3.63) is 45.5 Å². The van der Waals surface area contributed by atoms with E-state index in [0.717, 1.165) is 11.3 Å². The number of rotatable bonds is 6. The molecule has 0 unspecified atom stereocenters. The van der Waals surface area contributed by atoms with E-state index in [0.29, 0.717) is 13.1 Å². The number of benzene rings is 1. The first-order valence-electron chi connectivity index (χ1n) is 5.42. The quantitative estimate of drug-likeness (QED) is 0.490. The summed E-state index contributed by atoms with van der Waals surface area (Å²) in [6.07, 6.45) is 1.70. The molecule has 1 rings (SSSR count). The molecule has 0 amide bonds. The third-order valence-corrected chi connectivity index (χ3v) is 2.82. The number of nitro groups is 1. The molecule has 0 aliphatic rings. The van der Waals surface area contributed by atoms with Crippen LogP contribution in [0.1, 0.15) is 5.56 Å². The minimum atomic E-state index is -0.511. The van der Waals surface area contributed by atoms with Gasteiger partial charge in [-0.1, -0.05) is 17.7 Å². The van der Waals surface area contributed by atoms with Gasteiger partial charge in [0.15, 0.2) is 0 Å². The number of nitro benzene ring substituents is 1. The van der Waals surface area contributed by atoms with Gasteiger partial charge in [-0.3, -0.25) is 10.1 Å². The van der Waals surface area contributed by atoms with Gasteiger partial charge in [0.2, 0.25) is 0 Å².